The number of para-hydroxylation sites is 2. The zero-order valence-corrected chi connectivity index (χ0v) is 15.7. The fourth-order valence-corrected chi connectivity index (χ4v) is 3.28. The van der Waals surface area contributed by atoms with Gasteiger partial charge in [-0.2, -0.15) is 0 Å². The Morgan fingerprint density at radius 1 is 0.962 bits per heavy atom. The average Bonchev–Trinajstić information content (AvgIpc) is 2.69. The molecule has 0 aromatic heterocycles. The zero-order valence-electron chi connectivity index (χ0n) is 15.7. The first-order chi connectivity index (χ1) is 12.6. The van der Waals surface area contributed by atoms with E-state index >= 15 is 0 Å². The lowest BCUT2D eigenvalue weighted by Crippen LogP contribution is -2.47. The molecule has 26 heavy (non-hydrogen) atoms. The number of carbonyl (C=O) groups is 1. The van der Waals surface area contributed by atoms with Crippen molar-refractivity contribution in [1.29, 1.82) is 0 Å². The molecule has 0 saturated carbocycles. The van der Waals surface area contributed by atoms with Crippen molar-refractivity contribution in [3.05, 3.63) is 60.2 Å². The lowest BCUT2D eigenvalue weighted by molar-refractivity contribution is 0.0828. The molecule has 2 aromatic carbocycles. The molecule has 0 bridgehead atoms. The van der Waals surface area contributed by atoms with Crippen LogP contribution in [-0.4, -0.2) is 69.1 Å². The van der Waals surface area contributed by atoms with E-state index in [1.807, 2.05) is 24.3 Å². The lowest BCUT2D eigenvalue weighted by Gasteiger charge is -2.36. The number of hydrogen-bond donors (Lipinski definition) is 1. The minimum atomic E-state index is 0.0320. The molecule has 5 heteroatoms. The number of anilines is 2. The van der Waals surface area contributed by atoms with Crippen LogP contribution in [-0.2, 0) is 0 Å². The van der Waals surface area contributed by atoms with Crippen LogP contribution < -0.4 is 10.2 Å². The van der Waals surface area contributed by atoms with Crippen LogP contribution in [0.2, 0.25) is 0 Å². The van der Waals surface area contributed by atoms with Crippen LogP contribution in [0.4, 0.5) is 11.4 Å². The van der Waals surface area contributed by atoms with Crippen molar-refractivity contribution >= 4 is 17.3 Å². The van der Waals surface area contributed by atoms with Crippen molar-refractivity contribution in [1.82, 2.24) is 9.80 Å². The molecule has 0 aliphatic carbocycles. The van der Waals surface area contributed by atoms with Crippen LogP contribution in [0.3, 0.4) is 0 Å². The van der Waals surface area contributed by atoms with Crippen molar-refractivity contribution in [3.8, 4) is 0 Å². The Kier molecular flexibility index (Phi) is 6.12. The molecule has 1 aliphatic heterocycles. The van der Waals surface area contributed by atoms with Gasteiger partial charge in [-0.3, -0.25) is 9.69 Å². The number of amides is 1. The van der Waals surface area contributed by atoms with Gasteiger partial charge in [0.1, 0.15) is 0 Å². The molecule has 1 heterocycles. The van der Waals surface area contributed by atoms with E-state index in [1.54, 1.807) is 19.0 Å². The molecule has 5 nitrogen and oxygen atoms in total. The minimum Gasteiger partial charge on any atom is -0.383 e. The van der Waals surface area contributed by atoms with Gasteiger partial charge in [-0.25, -0.2) is 0 Å². The summed E-state index contributed by atoms with van der Waals surface area (Å²) in [4.78, 5) is 18.8. The quantitative estimate of drug-likeness (QED) is 0.867. The van der Waals surface area contributed by atoms with Crippen LogP contribution in [0.1, 0.15) is 10.4 Å². The molecule has 2 aromatic rings. The van der Waals surface area contributed by atoms with Crippen LogP contribution in [0.25, 0.3) is 0 Å². The molecule has 1 saturated heterocycles. The summed E-state index contributed by atoms with van der Waals surface area (Å²) in [7, 11) is 3.57. The highest BCUT2D eigenvalue weighted by atomic mass is 16.2. The Morgan fingerprint density at radius 3 is 2.31 bits per heavy atom. The lowest BCUT2D eigenvalue weighted by atomic mass is 10.1. The maximum atomic E-state index is 12.3. The third-order valence-electron chi connectivity index (χ3n) is 4.80. The van der Waals surface area contributed by atoms with Crippen molar-refractivity contribution in [3.63, 3.8) is 0 Å². The van der Waals surface area contributed by atoms with E-state index in [0.29, 0.717) is 0 Å². The highest BCUT2D eigenvalue weighted by Gasteiger charge is 2.17. The van der Waals surface area contributed by atoms with Gasteiger partial charge in [-0.15, -0.1) is 0 Å². The van der Waals surface area contributed by atoms with Crippen LogP contribution in [0.15, 0.2) is 54.6 Å². The minimum absolute atomic E-state index is 0.0320. The molecule has 3 rings (SSSR count). The van der Waals surface area contributed by atoms with Crippen molar-refractivity contribution in [2.45, 2.75) is 0 Å². The average molecular weight is 352 g/mol. The van der Waals surface area contributed by atoms with E-state index in [1.165, 1.54) is 5.69 Å². The first-order valence-corrected chi connectivity index (χ1v) is 9.22. The van der Waals surface area contributed by atoms with Crippen molar-refractivity contribution < 1.29 is 4.79 Å². The summed E-state index contributed by atoms with van der Waals surface area (Å²) < 4.78 is 0. The van der Waals surface area contributed by atoms with Gasteiger partial charge < -0.3 is 15.1 Å². The fraction of sp³-hybridized carbons (Fsp3) is 0.381. The second-order valence-electron chi connectivity index (χ2n) is 6.84. The molecule has 1 fully saturated rings. The largest absolute Gasteiger partial charge is 0.383 e. The number of hydrogen-bond acceptors (Lipinski definition) is 4. The van der Waals surface area contributed by atoms with Gasteiger partial charge in [-0.05, 0) is 24.3 Å². The maximum absolute atomic E-state index is 12.3. The number of benzene rings is 2. The van der Waals surface area contributed by atoms with Crippen LogP contribution in [0.5, 0.6) is 0 Å². The van der Waals surface area contributed by atoms with E-state index in [4.69, 9.17) is 0 Å². The molecular weight excluding hydrogens is 324 g/mol. The number of nitrogens with zero attached hydrogens (tertiary/aromatic N) is 3. The summed E-state index contributed by atoms with van der Waals surface area (Å²) in [5.74, 6) is 0.0320. The van der Waals surface area contributed by atoms with Crippen LogP contribution >= 0.6 is 0 Å². The Balaban J connectivity index is 1.47. The van der Waals surface area contributed by atoms with Gasteiger partial charge in [0, 0.05) is 64.7 Å². The predicted octanol–water partition coefficient (Wildman–Crippen LogP) is 2.62. The van der Waals surface area contributed by atoms with Gasteiger partial charge in [0.25, 0.3) is 5.91 Å². The van der Waals surface area contributed by atoms with E-state index in [2.05, 4.69) is 45.4 Å². The summed E-state index contributed by atoms with van der Waals surface area (Å²) in [5, 5.41) is 3.44. The van der Waals surface area contributed by atoms with Gasteiger partial charge >= 0.3 is 0 Å². The molecule has 1 N–H and O–H groups in total. The zero-order chi connectivity index (χ0) is 18.4. The molecule has 0 unspecified atom stereocenters. The third kappa shape index (κ3) is 4.55. The summed E-state index contributed by atoms with van der Waals surface area (Å²) in [6, 6.07) is 18.3. The molecule has 138 valence electrons. The number of carbonyl (C=O) groups excluding carboxylic acids is 1. The van der Waals surface area contributed by atoms with Crippen molar-refractivity contribution in [2.75, 3.05) is 63.6 Å². The van der Waals surface area contributed by atoms with Gasteiger partial charge in [-0.1, -0.05) is 30.3 Å². The topological polar surface area (TPSA) is 38.8 Å². The van der Waals surface area contributed by atoms with E-state index < -0.39 is 0 Å². The second kappa shape index (κ2) is 8.72. The molecule has 0 spiro atoms. The highest BCUT2D eigenvalue weighted by Crippen LogP contribution is 2.17. The summed E-state index contributed by atoms with van der Waals surface area (Å²) in [6.07, 6.45) is 0. The Hall–Kier alpha value is -2.53. The summed E-state index contributed by atoms with van der Waals surface area (Å²) in [6.45, 7) is 6.05. The van der Waals surface area contributed by atoms with Gasteiger partial charge in [0.2, 0.25) is 0 Å². The first-order valence-electron chi connectivity index (χ1n) is 9.22. The second-order valence-corrected chi connectivity index (χ2v) is 6.84. The van der Waals surface area contributed by atoms with Gasteiger partial charge in [0.15, 0.2) is 0 Å². The normalized spacial score (nSPS) is 14.9. The summed E-state index contributed by atoms with van der Waals surface area (Å²) in [5.41, 5.74) is 2.95. The maximum Gasteiger partial charge on any atom is 0.255 e. The Bertz CT molecular complexity index is 709. The van der Waals surface area contributed by atoms with Crippen LogP contribution in [0, 0.1) is 0 Å². The van der Waals surface area contributed by atoms with Gasteiger partial charge in [0.05, 0.1) is 5.56 Å². The standard InChI is InChI=1S/C21H28N4O/c1-23(2)21(26)19-10-6-7-11-20(19)22-12-13-24-14-16-25(17-15-24)18-8-4-3-5-9-18/h3-11,22H,12-17H2,1-2H3. The Morgan fingerprint density at radius 2 is 1.62 bits per heavy atom. The van der Waals surface area contributed by atoms with E-state index in [0.717, 1.165) is 50.5 Å². The monoisotopic (exact) mass is 352 g/mol. The molecule has 0 atom stereocenters. The smallest absolute Gasteiger partial charge is 0.255 e. The third-order valence-corrected chi connectivity index (χ3v) is 4.80. The molecular formula is C21H28N4O. The highest BCUT2D eigenvalue weighted by molar-refractivity contribution is 5.99. The summed E-state index contributed by atoms with van der Waals surface area (Å²) >= 11 is 0. The number of piperazine rings is 1. The van der Waals surface area contributed by atoms with E-state index in [9.17, 15) is 4.79 Å². The molecule has 1 amide bonds. The Labute approximate surface area is 156 Å². The van der Waals surface area contributed by atoms with E-state index in [-0.39, 0.29) is 5.91 Å². The van der Waals surface area contributed by atoms with Crippen molar-refractivity contribution in [2.24, 2.45) is 0 Å². The first kappa shape index (κ1) is 18.3. The molecule has 1 aliphatic rings. The fourth-order valence-electron chi connectivity index (χ4n) is 3.28. The number of nitrogens with one attached hydrogen (secondary N) is 1. The number of rotatable bonds is 6. The predicted molar refractivity (Wildman–Crippen MR) is 108 cm³/mol. The molecule has 0 radical (unpaired) electrons. The SMILES string of the molecule is CN(C)C(=O)c1ccccc1NCCN1CCN(c2ccccc2)CC1.